The zero-order valence-corrected chi connectivity index (χ0v) is 40.5. The molecule has 3 fully saturated rings. The molecule has 0 aromatic heterocycles. The van der Waals surface area contributed by atoms with E-state index in [4.69, 9.17) is 23.7 Å². The summed E-state index contributed by atoms with van der Waals surface area (Å²) in [6.07, 6.45) is 9.11. The van der Waals surface area contributed by atoms with Crippen molar-refractivity contribution in [1.82, 2.24) is 4.90 Å². The molecule has 0 unspecified atom stereocenters. The van der Waals surface area contributed by atoms with Crippen LogP contribution in [0.5, 0.6) is 0 Å². The number of cyclic esters (lactones) is 1. The van der Waals surface area contributed by atoms with Gasteiger partial charge in [0, 0.05) is 58.5 Å². The lowest BCUT2D eigenvalue weighted by molar-refractivity contribution is -0.231. The maximum Gasteiger partial charge on any atom is 0.329 e. The lowest BCUT2D eigenvalue weighted by Crippen LogP contribution is -2.59. The van der Waals surface area contributed by atoms with Gasteiger partial charge in [-0.3, -0.25) is 19.2 Å². The smallest absolute Gasteiger partial charge is 0.329 e. The first-order valence-corrected chi connectivity index (χ1v) is 23.8. The van der Waals surface area contributed by atoms with E-state index in [0.717, 1.165) is 10.5 Å². The second-order valence-corrected chi connectivity index (χ2v) is 19.5. The number of aliphatic hydroxyl groups is 1. The van der Waals surface area contributed by atoms with E-state index in [9.17, 15) is 29.1 Å². The second-order valence-electron chi connectivity index (χ2n) is 19.5. The molecular weight excluding hydrogens is 841 g/mol. The van der Waals surface area contributed by atoms with Crippen LogP contribution in [0.4, 0.5) is 8.78 Å². The van der Waals surface area contributed by atoms with Gasteiger partial charge in [-0.25, -0.2) is 13.6 Å². The van der Waals surface area contributed by atoms with Crippen molar-refractivity contribution >= 4 is 29.2 Å². The lowest BCUT2D eigenvalue weighted by atomic mass is 9.78. The highest BCUT2D eigenvalue weighted by Crippen LogP contribution is 2.40. The number of methoxy groups -OCH3 is 3. The first kappa shape index (κ1) is 54.2. The number of rotatable bonds is 6. The van der Waals surface area contributed by atoms with Crippen LogP contribution in [0.2, 0.25) is 0 Å². The van der Waals surface area contributed by atoms with Crippen LogP contribution in [0, 0.1) is 35.5 Å². The Morgan fingerprint density at radius 3 is 2.28 bits per heavy atom. The molecule has 2 bridgehead atoms. The third-order valence-electron chi connectivity index (χ3n) is 14.4. The van der Waals surface area contributed by atoms with E-state index in [1.54, 1.807) is 21.0 Å². The van der Waals surface area contributed by atoms with Crippen molar-refractivity contribution in [3.05, 3.63) is 47.6 Å². The number of aliphatic hydroxyl groups excluding tert-OH is 1. The Hall–Kier alpha value is -3.43. The van der Waals surface area contributed by atoms with Gasteiger partial charge in [-0.05, 0) is 107 Å². The maximum absolute atomic E-state index is 17.0. The summed E-state index contributed by atoms with van der Waals surface area (Å²) >= 11 is 0. The predicted molar refractivity (Wildman–Crippen MR) is 243 cm³/mol. The summed E-state index contributed by atoms with van der Waals surface area (Å²) in [6.45, 7) is 12.2. The van der Waals surface area contributed by atoms with Crippen LogP contribution < -0.4 is 0 Å². The van der Waals surface area contributed by atoms with Crippen molar-refractivity contribution in [3.8, 4) is 0 Å². The van der Waals surface area contributed by atoms with Gasteiger partial charge in [-0.2, -0.15) is 0 Å². The maximum atomic E-state index is 17.0. The zero-order valence-electron chi connectivity index (χ0n) is 40.5. The second kappa shape index (κ2) is 25.1. The number of Topliss-reactive ketones (excluding diaryl/α,β-unsaturated/α-hetero) is 3. The molecule has 65 heavy (non-hydrogen) atoms. The molecule has 14 heteroatoms. The zero-order chi connectivity index (χ0) is 48.2. The Bertz CT molecular complexity index is 1760. The Morgan fingerprint density at radius 1 is 0.877 bits per heavy atom. The van der Waals surface area contributed by atoms with Crippen molar-refractivity contribution in [1.29, 1.82) is 0 Å². The van der Waals surface area contributed by atoms with Gasteiger partial charge in [0.2, 0.25) is 0 Å². The van der Waals surface area contributed by atoms with E-state index >= 15 is 8.78 Å². The van der Waals surface area contributed by atoms with Crippen LogP contribution in [0.1, 0.15) is 126 Å². The Morgan fingerprint density at radius 2 is 1.60 bits per heavy atom. The summed E-state index contributed by atoms with van der Waals surface area (Å²) in [5, 5.41) is 10.5. The number of amides is 1. The molecule has 0 aromatic carbocycles. The molecule has 3 heterocycles. The fraction of sp³-hybridized carbons (Fsp3) is 0.745. The first-order chi connectivity index (χ1) is 30.7. The molecule has 1 amide bonds. The molecule has 0 radical (unpaired) electrons. The van der Waals surface area contributed by atoms with Crippen LogP contribution >= 0.6 is 0 Å². The summed E-state index contributed by atoms with van der Waals surface area (Å²) in [4.78, 5) is 71.3. The third-order valence-corrected chi connectivity index (χ3v) is 14.4. The van der Waals surface area contributed by atoms with Crippen LogP contribution in [0.15, 0.2) is 47.6 Å². The topological polar surface area (TPSA) is 155 Å². The number of hydrogen-bond acceptors (Lipinski definition) is 11. The van der Waals surface area contributed by atoms with Gasteiger partial charge >= 0.3 is 5.97 Å². The number of carbonyl (C=O) groups is 5. The van der Waals surface area contributed by atoms with E-state index in [-0.39, 0.29) is 73.2 Å². The van der Waals surface area contributed by atoms with Crippen molar-refractivity contribution in [2.75, 3.05) is 27.9 Å². The number of ketones is 3. The highest BCUT2D eigenvalue weighted by Gasteiger charge is 2.55. The number of allylic oxidation sites excluding steroid dienone is 6. The summed E-state index contributed by atoms with van der Waals surface area (Å²) in [5.74, 6) is -9.64. The number of fused-ring (bicyclic) bond motifs is 3. The Labute approximate surface area is 385 Å². The molecule has 4 rings (SSSR count). The van der Waals surface area contributed by atoms with Crippen LogP contribution in [0.3, 0.4) is 0 Å². The lowest BCUT2D eigenvalue weighted by Gasteiger charge is -2.41. The average molecular weight is 918 g/mol. The minimum absolute atomic E-state index is 0.0206. The number of esters is 1. The number of nitrogens with zero attached hydrogens (tertiary/aromatic N) is 1. The SMILES string of the molecule is CO[C@H]1C[C@@H]2CC[C@@H](C)[C@@](F)(O2)C(=O)C(=O)N2CCCC[C@H]2C(=O)O[C@H]([C@H](C)C[C@H]2CC[C@@H](O)[C@H](OC)C2)CC(=O)[C@H](C)/C=C(\C)[C@@H](F)[C@@H](OC)C(=O)[C@H](C)C[C@H](C)/C=C/C=C/C=C/1C. The minimum atomic E-state index is -2.94. The molecule has 2 saturated heterocycles. The molecule has 15 atom stereocenters. The summed E-state index contributed by atoms with van der Waals surface area (Å²) < 4.78 is 62.1. The molecule has 1 aliphatic carbocycles. The number of carbonyl (C=O) groups excluding carboxylic acids is 5. The van der Waals surface area contributed by atoms with Crippen molar-refractivity contribution in [2.45, 2.75) is 180 Å². The summed E-state index contributed by atoms with van der Waals surface area (Å²) in [5.41, 5.74) is 0.981. The van der Waals surface area contributed by atoms with E-state index in [0.29, 0.717) is 51.4 Å². The molecule has 0 aromatic rings. The van der Waals surface area contributed by atoms with Crippen LogP contribution in [-0.2, 0) is 47.7 Å². The molecule has 1 saturated carbocycles. The van der Waals surface area contributed by atoms with Gasteiger partial charge in [-0.1, -0.05) is 71.1 Å². The highest BCUT2D eigenvalue weighted by atomic mass is 19.2. The van der Waals surface area contributed by atoms with E-state index in [2.05, 4.69) is 0 Å². The van der Waals surface area contributed by atoms with Gasteiger partial charge in [0.25, 0.3) is 17.5 Å². The fourth-order valence-corrected chi connectivity index (χ4v) is 10.1. The number of ether oxygens (including phenoxy) is 5. The number of piperidine rings is 1. The quantitative estimate of drug-likeness (QED) is 0.156. The molecule has 366 valence electrons. The largest absolute Gasteiger partial charge is 0.460 e. The van der Waals surface area contributed by atoms with Gasteiger partial charge in [0.15, 0.2) is 18.1 Å². The molecule has 3 aliphatic heterocycles. The summed E-state index contributed by atoms with van der Waals surface area (Å²) in [6, 6.07) is -1.21. The van der Waals surface area contributed by atoms with Gasteiger partial charge < -0.3 is 33.7 Å². The molecule has 12 nitrogen and oxygen atoms in total. The first-order valence-electron chi connectivity index (χ1n) is 23.8. The molecule has 4 aliphatic rings. The van der Waals surface area contributed by atoms with Gasteiger partial charge in [-0.15, -0.1) is 0 Å². The molecule has 1 N–H and O–H groups in total. The monoisotopic (exact) mass is 918 g/mol. The van der Waals surface area contributed by atoms with E-state index in [1.807, 2.05) is 51.2 Å². The van der Waals surface area contributed by atoms with E-state index < -0.39 is 84.0 Å². The predicted octanol–water partition coefficient (Wildman–Crippen LogP) is 8.14. The van der Waals surface area contributed by atoms with Crippen LogP contribution in [0.25, 0.3) is 0 Å². The normalized spacial score (nSPS) is 40.4. The highest BCUT2D eigenvalue weighted by molar-refractivity contribution is 6.39. The van der Waals surface area contributed by atoms with Crippen LogP contribution in [-0.4, -0.2) is 122 Å². The summed E-state index contributed by atoms with van der Waals surface area (Å²) in [7, 11) is 4.38. The fourth-order valence-electron chi connectivity index (χ4n) is 10.1. The minimum Gasteiger partial charge on any atom is -0.460 e. The van der Waals surface area contributed by atoms with Crippen molar-refractivity contribution in [3.63, 3.8) is 0 Å². The Kier molecular flexibility index (Phi) is 20.9. The molecule has 0 spiro atoms. The van der Waals surface area contributed by atoms with Crippen molar-refractivity contribution in [2.24, 2.45) is 35.5 Å². The van der Waals surface area contributed by atoms with Gasteiger partial charge in [0.05, 0.1) is 24.4 Å². The number of alkyl halides is 2. The van der Waals surface area contributed by atoms with Crippen molar-refractivity contribution < 1.29 is 61.5 Å². The number of hydrogen-bond donors (Lipinski definition) is 1. The number of halogens is 2. The van der Waals surface area contributed by atoms with E-state index in [1.165, 1.54) is 34.1 Å². The molecular formula is C51H77F2NO11. The van der Waals surface area contributed by atoms with Gasteiger partial charge in [0.1, 0.15) is 17.9 Å². The standard InChI is InChI=1S/C51H77F2NO11/c1-30-16-12-11-13-17-31(2)42(61-8)28-38-21-19-36(7)51(53,65-38)48(58)49(59)54-23-15-14-18-39(54)50(60)64-43(33(4)26-37-20-22-40(55)44(27-37)62-9)29-41(56)32(3)25-34(5)45(52)47(63-10)46(57)35(6)24-30/h11-13,16-17,25,30,32-33,35-40,42-45,47,55H,14-15,18-24,26-29H2,1-10H3/b13-11+,16-12+,31-17+,34-25+/t30-,32-,33-,35-,36-,37-,38+,39+,40-,42+,43+,44-,45-,47-,51-/m1/s1. The Balaban J connectivity index is 1.70. The average Bonchev–Trinajstić information content (AvgIpc) is 3.28. The third kappa shape index (κ3) is 14.3.